The summed E-state index contributed by atoms with van der Waals surface area (Å²) in [6, 6.07) is 13.4. The van der Waals surface area contributed by atoms with Gasteiger partial charge in [0.2, 0.25) is 5.91 Å². The van der Waals surface area contributed by atoms with E-state index in [2.05, 4.69) is 9.88 Å². The molecular weight excluding hydrogens is 398 g/mol. The zero-order valence-electron chi connectivity index (χ0n) is 15.6. The molecule has 1 aromatic heterocycles. The first-order valence-corrected chi connectivity index (χ1v) is 11.5. The number of anilines is 1. The van der Waals surface area contributed by atoms with Crippen LogP contribution in [0, 0.1) is 0 Å². The molecule has 150 valence electrons. The van der Waals surface area contributed by atoms with Gasteiger partial charge in [-0.3, -0.25) is 4.79 Å². The Labute approximate surface area is 171 Å². The summed E-state index contributed by atoms with van der Waals surface area (Å²) >= 11 is 5.86. The van der Waals surface area contributed by atoms with Crippen molar-refractivity contribution in [2.75, 3.05) is 42.6 Å². The van der Waals surface area contributed by atoms with Gasteiger partial charge in [-0.1, -0.05) is 41.9 Å². The molecule has 8 heteroatoms. The highest BCUT2D eigenvalue weighted by molar-refractivity contribution is 7.92. The molecule has 3 rings (SSSR count). The average Bonchev–Trinajstić information content (AvgIpc) is 2.69. The van der Waals surface area contributed by atoms with Crippen molar-refractivity contribution in [1.29, 1.82) is 0 Å². The van der Waals surface area contributed by atoms with Gasteiger partial charge in [-0.2, -0.15) is 0 Å². The highest BCUT2D eigenvalue weighted by atomic mass is 35.5. The van der Waals surface area contributed by atoms with E-state index in [1.54, 1.807) is 17.2 Å². The predicted molar refractivity (Wildman–Crippen MR) is 111 cm³/mol. The minimum atomic E-state index is -3.40. The summed E-state index contributed by atoms with van der Waals surface area (Å²) in [4.78, 5) is 20.4. The van der Waals surface area contributed by atoms with Crippen LogP contribution in [0.4, 0.5) is 5.82 Å². The minimum Gasteiger partial charge on any atom is -0.353 e. The molecule has 0 bridgehead atoms. The molecular formula is C20H24ClN3O3S. The third-order valence-corrected chi connectivity index (χ3v) is 6.60. The normalized spacial score (nSPS) is 14.9. The lowest BCUT2D eigenvalue weighted by Gasteiger charge is -2.35. The van der Waals surface area contributed by atoms with Gasteiger partial charge in [0, 0.05) is 32.4 Å². The Morgan fingerprint density at radius 3 is 2.39 bits per heavy atom. The Balaban J connectivity index is 1.44. The Morgan fingerprint density at radius 2 is 1.75 bits per heavy atom. The van der Waals surface area contributed by atoms with Crippen LogP contribution in [0.3, 0.4) is 0 Å². The van der Waals surface area contributed by atoms with E-state index in [1.165, 1.54) is 0 Å². The molecule has 0 atom stereocenters. The molecule has 0 unspecified atom stereocenters. The van der Waals surface area contributed by atoms with Crippen LogP contribution in [0.5, 0.6) is 0 Å². The van der Waals surface area contributed by atoms with E-state index in [4.69, 9.17) is 11.6 Å². The van der Waals surface area contributed by atoms with Gasteiger partial charge in [-0.05, 0) is 30.5 Å². The molecule has 0 spiro atoms. The maximum Gasteiger partial charge on any atom is 0.237 e. The topological polar surface area (TPSA) is 70.6 Å². The van der Waals surface area contributed by atoms with Crippen LogP contribution in [-0.4, -0.2) is 61.9 Å². The molecule has 2 heterocycles. The maximum absolute atomic E-state index is 12.4. The average molecular weight is 422 g/mol. The standard InChI is InChI=1S/C20H24ClN3O3S/c21-18-8-9-19(22-15-18)23-10-12-24(13-11-23)20(25)16-28(26,27)14-4-7-17-5-2-1-3-6-17/h1-3,5-6,8-9,15H,4,7,10-14,16H2. The maximum atomic E-state index is 12.4. The van der Waals surface area contributed by atoms with Gasteiger partial charge in [0.15, 0.2) is 9.84 Å². The molecule has 0 radical (unpaired) electrons. The summed E-state index contributed by atoms with van der Waals surface area (Å²) in [6.45, 7) is 2.22. The number of carbonyl (C=O) groups is 1. The van der Waals surface area contributed by atoms with E-state index in [-0.39, 0.29) is 11.7 Å². The summed E-state index contributed by atoms with van der Waals surface area (Å²) in [5.74, 6) is 0.108. The van der Waals surface area contributed by atoms with Gasteiger partial charge in [0.25, 0.3) is 0 Å². The van der Waals surface area contributed by atoms with E-state index in [0.717, 1.165) is 11.4 Å². The molecule has 1 fully saturated rings. The van der Waals surface area contributed by atoms with Crippen molar-refractivity contribution >= 4 is 33.2 Å². The van der Waals surface area contributed by atoms with Crippen LogP contribution in [0.25, 0.3) is 0 Å². The molecule has 2 aromatic rings. The predicted octanol–water partition coefficient (Wildman–Crippen LogP) is 2.43. The van der Waals surface area contributed by atoms with Crippen molar-refractivity contribution < 1.29 is 13.2 Å². The summed E-state index contributed by atoms with van der Waals surface area (Å²) < 4.78 is 24.6. The quantitative estimate of drug-likeness (QED) is 0.686. The molecule has 1 saturated heterocycles. The molecule has 1 amide bonds. The summed E-state index contributed by atoms with van der Waals surface area (Å²) in [5, 5.41) is 0.579. The van der Waals surface area contributed by atoms with E-state index in [1.807, 2.05) is 36.4 Å². The molecule has 0 N–H and O–H groups in total. The lowest BCUT2D eigenvalue weighted by molar-refractivity contribution is -0.128. The van der Waals surface area contributed by atoms with E-state index in [0.29, 0.717) is 44.0 Å². The van der Waals surface area contributed by atoms with Crippen LogP contribution in [0.15, 0.2) is 48.7 Å². The van der Waals surface area contributed by atoms with Crippen molar-refractivity contribution in [1.82, 2.24) is 9.88 Å². The summed E-state index contributed by atoms with van der Waals surface area (Å²) in [7, 11) is -3.40. The second-order valence-electron chi connectivity index (χ2n) is 6.88. The molecule has 6 nitrogen and oxygen atoms in total. The Hall–Kier alpha value is -2.12. The van der Waals surface area contributed by atoms with Crippen molar-refractivity contribution in [3.8, 4) is 0 Å². The second-order valence-corrected chi connectivity index (χ2v) is 9.50. The Morgan fingerprint density at radius 1 is 1.04 bits per heavy atom. The van der Waals surface area contributed by atoms with Crippen LogP contribution in [0.1, 0.15) is 12.0 Å². The van der Waals surface area contributed by atoms with Gasteiger partial charge in [0.1, 0.15) is 11.6 Å². The number of pyridine rings is 1. The number of aryl methyl sites for hydroxylation is 1. The third-order valence-electron chi connectivity index (χ3n) is 4.78. The van der Waals surface area contributed by atoms with Crippen LogP contribution in [-0.2, 0) is 21.1 Å². The van der Waals surface area contributed by atoms with Gasteiger partial charge in [0.05, 0.1) is 10.8 Å². The minimum absolute atomic E-state index is 0.0301. The number of hydrogen-bond acceptors (Lipinski definition) is 5. The number of nitrogens with zero attached hydrogens (tertiary/aromatic N) is 3. The van der Waals surface area contributed by atoms with Crippen LogP contribution >= 0.6 is 11.6 Å². The van der Waals surface area contributed by atoms with E-state index < -0.39 is 15.6 Å². The monoisotopic (exact) mass is 421 g/mol. The van der Waals surface area contributed by atoms with Gasteiger partial charge >= 0.3 is 0 Å². The van der Waals surface area contributed by atoms with Crippen molar-refractivity contribution in [3.63, 3.8) is 0 Å². The van der Waals surface area contributed by atoms with E-state index >= 15 is 0 Å². The van der Waals surface area contributed by atoms with Crippen molar-refractivity contribution in [3.05, 3.63) is 59.2 Å². The first-order valence-electron chi connectivity index (χ1n) is 9.31. The number of amides is 1. The van der Waals surface area contributed by atoms with Crippen molar-refractivity contribution in [2.45, 2.75) is 12.8 Å². The fraction of sp³-hybridized carbons (Fsp3) is 0.400. The number of rotatable bonds is 7. The number of aromatic nitrogens is 1. The number of hydrogen-bond donors (Lipinski definition) is 0. The van der Waals surface area contributed by atoms with Crippen LogP contribution < -0.4 is 4.90 Å². The van der Waals surface area contributed by atoms with Gasteiger partial charge in [-0.15, -0.1) is 0 Å². The zero-order chi connectivity index (χ0) is 20.0. The Kier molecular flexibility index (Phi) is 6.91. The second kappa shape index (κ2) is 9.39. The fourth-order valence-electron chi connectivity index (χ4n) is 3.23. The first kappa shape index (κ1) is 20.6. The highest BCUT2D eigenvalue weighted by Gasteiger charge is 2.25. The third kappa shape index (κ3) is 5.94. The largest absolute Gasteiger partial charge is 0.353 e. The lowest BCUT2D eigenvalue weighted by atomic mass is 10.1. The molecule has 1 aromatic carbocycles. The van der Waals surface area contributed by atoms with E-state index in [9.17, 15) is 13.2 Å². The number of benzene rings is 1. The summed E-state index contributed by atoms with van der Waals surface area (Å²) in [6.07, 6.45) is 2.81. The molecule has 0 aliphatic carbocycles. The number of halogens is 1. The number of carbonyl (C=O) groups excluding carboxylic acids is 1. The van der Waals surface area contributed by atoms with Gasteiger partial charge < -0.3 is 9.80 Å². The molecule has 1 aliphatic rings. The first-order chi connectivity index (χ1) is 13.4. The number of piperazine rings is 1. The highest BCUT2D eigenvalue weighted by Crippen LogP contribution is 2.16. The zero-order valence-corrected chi connectivity index (χ0v) is 17.2. The smallest absolute Gasteiger partial charge is 0.237 e. The SMILES string of the molecule is O=C(CS(=O)(=O)CCCc1ccccc1)N1CCN(c2ccc(Cl)cn2)CC1. The molecule has 0 saturated carbocycles. The molecule has 1 aliphatic heterocycles. The van der Waals surface area contributed by atoms with Crippen LogP contribution in [0.2, 0.25) is 5.02 Å². The van der Waals surface area contributed by atoms with Crippen molar-refractivity contribution in [2.24, 2.45) is 0 Å². The van der Waals surface area contributed by atoms with Gasteiger partial charge in [-0.25, -0.2) is 13.4 Å². The Bertz CT molecular complexity index is 881. The lowest BCUT2D eigenvalue weighted by Crippen LogP contribution is -2.50. The number of sulfone groups is 1. The molecule has 28 heavy (non-hydrogen) atoms. The summed E-state index contributed by atoms with van der Waals surface area (Å²) in [5.41, 5.74) is 1.11. The fourth-order valence-corrected chi connectivity index (χ4v) is 4.63.